The molecule has 8 heteroatoms. The lowest BCUT2D eigenvalue weighted by molar-refractivity contribution is -0.432. The lowest BCUT2D eigenvalue weighted by Gasteiger charge is -2.36. The third-order valence-electron chi connectivity index (χ3n) is 1.73. The van der Waals surface area contributed by atoms with Gasteiger partial charge in [-0.25, -0.2) is 0 Å². The second-order valence-electron chi connectivity index (χ2n) is 3.76. The zero-order valence-corrected chi connectivity index (χ0v) is 18.4. The smallest absolute Gasteiger partial charge is 0.0521 e. The lowest BCUT2D eigenvalue weighted by Crippen LogP contribution is -2.24. The van der Waals surface area contributed by atoms with Crippen LogP contribution in [0.3, 0.4) is 0 Å². The molecule has 0 rings (SSSR count). The maximum Gasteiger partial charge on any atom is 0.0521 e. The maximum atomic E-state index is 8.55. The number of rotatable bonds is 6. The molecule has 0 aromatic heterocycles. The van der Waals surface area contributed by atoms with Gasteiger partial charge in [-0.15, -0.1) is 0 Å². The first-order valence-electron chi connectivity index (χ1n) is 7.42. The van der Waals surface area contributed by atoms with E-state index < -0.39 is 7.82 Å². The van der Waals surface area contributed by atoms with Crippen molar-refractivity contribution in [2.75, 3.05) is 37.0 Å². The first-order chi connectivity index (χ1) is 9.24. The summed E-state index contributed by atoms with van der Waals surface area (Å²) in [6.45, 7) is 13.5. The van der Waals surface area contributed by atoms with Gasteiger partial charge in [0.05, 0.1) is 37.0 Å². The molecule has 0 unspecified atom stereocenters. The monoisotopic (exact) mass is 368 g/mol. The van der Waals surface area contributed by atoms with E-state index in [4.69, 9.17) is 19.2 Å². The molecule has 0 saturated heterocycles. The van der Waals surface area contributed by atoms with Crippen LogP contribution in [0, 0.1) is 0 Å². The van der Waals surface area contributed by atoms with Crippen LogP contribution in [0.25, 0.3) is 0 Å². The molecular weight excluding hydrogens is 332 g/mol. The number of phosphoric acid groups is 1. The van der Waals surface area contributed by atoms with Crippen molar-refractivity contribution >= 4 is 33.6 Å². The Morgan fingerprint density at radius 3 is 0.700 bits per heavy atom. The fraction of sp³-hybridized carbons (Fsp3) is 1.00. The fourth-order valence-electron chi connectivity index (χ4n) is 0.866. The molecule has 0 aromatic rings. The largest absolute Gasteiger partial charge is 0.822 e. The van der Waals surface area contributed by atoms with Gasteiger partial charge in [-0.1, -0.05) is 0 Å². The predicted molar refractivity (Wildman–Crippen MR) is 100.0 cm³/mol. The highest BCUT2D eigenvalue weighted by Gasteiger charge is 1.76. The molecule has 0 heterocycles. The summed E-state index contributed by atoms with van der Waals surface area (Å²) in [7, 11) is -2.94. The van der Waals surface area contributed by atoms with E-state index in [9.17, 15) is 0 Å². The van der Waals surface area contributed by atoms with Crippen LogP contribution in [0.4, 0.5) is 0 Å². The van der Waals surface area contributed by atoms with Gasteiger partial charge in [-0.3, -0.25) is 0 Å². The van der Waals surface area contributed by atoms with Crippen molar-refractivity contribution < 1.29 is 19.2 Å². The first-order valence-corrected chi connectivity index (χ1v) is 13.8. The van der Waals surface area contributed by atoms with Crippen LogP contribution < -0.4 is 14.7 Å². The predicted octanol–water partition coefficient (Wildman–Crippen LogP) is 1.49. The molecule has 0 bridgehead atoms. The minimum Gasteiger partial charge on any atom is -0.822 e. The lowest BCUT2D eigenvalue weighted by atomic mass is 11.0. The van der Waals surface area contributed by atoms with E-state index in [0.29, 0.717) is 0 Å². The van der Waals surface area contributed by atoms with Gasteiger partial charge in [0.2, 0.25) is 0 Å². The van der Waals surface area contributed by atoms with E-state index in [-0.39, 0.29) is 0 Å². The zero-order valence-electron chi connectivity index (χ0n) is 14.1. The van der Waals surface area contributed by atoms with Gasteiger partial charge in [-0.05, 0) is 67.3 Å². The summed E-state index contributed by atoms with van der Waals surface area (Å²) in [6, 6.07) is 0. The summed E-state index contributed by atoms with van der Waals surface area (Å²) in [5.74, 6) is 0. The van der Waals surface area contributed by atoms with Crippen molar-refractivity contribution in [3.05, 3.63) is 0 Å². The highest BCUT2D eigenvalue weighted by atomic mass is 31.2. The Labute approximate surface area is 131 Å². The van der Waals surface area contributed by atoms with Crippen LogP contribution in [0.1, 0.15) is 41.5 Å². The average Bonchev–Trinajstić information content (AvgIpc) is 2.31. The van der Waals surface area contributed by atoms with Gasteiger partial charge >= 0.3 is 0 Å². The third-order valence-corrected chi connectivity index (χ3v) is 5.20. The molecule has 20 heavy (non-hydrogen) atoms. The van der Waals surface area contributed by atoms with Crippen LogP contribution in [-0.2, 0) is 4.57 Å². The maximum absolute atomic E-state index is 8.55. The van der Waals surface area contributed by atoms with E-state index in [2.05, 4.69) is 41.5 Å². The van der Waals surface area contributed by atoms with Crippen LogP contribution in [0.5, 0.6) is 0 Å². The second-order valence-corrected chi connectivity index (χ2v) is 11.3. The van der Waals surface area contributed by atoms with Gasteiger partial charge in [0, 0.05) is 0 Å². The molecule has 0 aliphatic carbocycles. The first kappa shape index (κ1) is 29.4. The molecule has 0 spiro atoms. The highest BCUT2D eigenvalue weighted by Crippen LogP contribution is 2.05. The highest BCUT2D eigenvalue weighted by molar-refractivity contribution is 7.40. The number of hydrogen-bond donors (Lipinski definition) is 0. The molecule has 0 N–H and O–H groups in total. The SMILES string of the molecule is CC[PH2+]CC.CC[PH2+]CC.CC[PH2+]CC.O=P([O-])([O-])[O-]. The van der Waals surface area contributed by atoms with Crippen molar-refractivity contribution in [3.8, 4) is 0 Å². The van der Waals surface area contributed by atoms with Crippen molar-refractivity contribution in [2.45, 2.75) is 41.5 Å². The minimum atomic E-state index is -5.39. The zero-order chi connectivity index (χ0) is 16.9. The third kappa shape index (κ3) is 120. The number of hydrogen-bond acceptors (Lipinski definition) is 4. The summed E-state index contributed by atoms with van der Waals surface area (Å²) in [5.41, 5.74) is 0. The molecule has 128 valence electrons. The molecule has 0 amide bonds. The summed E-state index contributed by atoms with van der Waals surface area (Å²) >= 11 is 0. The van der Waals surface area contributed by atoms with Crippen molar-refractivity contribution in [2.24, 2.45) is 0 Å². The summed E-state index contributed by atoms with van der Waals surface area (Å²) in [4.78, 5) is 25.6. The summed E-state index contributed by atoms with van der Waals surface area (Å²) in [5, 5.41) is 0. The standard InChI is InChI=1S/3C4H11P.H3O4P/c3*1-3-5-4-2;1-5(2,3)4/h3*5H,3-4H2,1-2H3;(H3,1,2,3,4). The van der Waals surface area contributed by atoms with Gasteiger partial charge in [0.15, 0.2) is 0 Å². The van der Waals surface area contributed by atoms with Crippen LogP contribution in [-0.4, -0.2) is 37.0 Å². The van der Waals surface area contributed by atoms with E-state index in [1.807, 2.05) is 0 Å². The van der Waals surface area contributed by atoms with Gasteiger partial charge in [0.25, 0.3) is 0 Å². The van der Waals surface area contributed by atoms with Crippen molar-refractivity contribution in [1.82, 2.24) is 0 Å². The molecule has 0 saturated carbocycles. The molecule has 0 atom stereocenters. The molecule has 4 nitrogen and oxygen atoms in total. The Morgan fingerprint density at radius 2 is 0.700 bits per heavy atom. The van der Waals surface area contributed by atoms with E-state index in [1.54, 1.807) is 0 Å². The van der Waals surface area contributed by atoms with E-state index >= 15 is 0 Å². The van der Waals surface area contributed by atoms with Gasteiger partial charge in [-0.2, -0.15) is 7.82 Å². The van der Waals surface area contributed by atoms with Crippen LogP contribution >= 0.6 is 33.6 Å². The Balaban J connectivity index is -0.0000000853. The molecule has 0 radical (unpaired) electrons. The van der Waals surface area contributed by atoms with Crippen molar-refractivity contribution in [1.29, 1.82) is 0 Å². The Hall–Kier alpha value is 1.40. The minimum absolute atomic E-state index is 0.815. The van der Waals surface area contributed by atoms with E-state index in [1.165, 1.54) is 37.0 Å². The van der Waals surface area contributed by atoms with Crippen LogP contribution in [0.2, 0.25) is 0 Å². The van der Waals surface area contributed by atoms with Crippen LogP contribution in [0.15, 0.2) is 0 Å². The Morgan fingerprint density at radius 1 is 0.600 bits per heavy atom. The molecule has 0 fully saturated rings. The molecule has 0 aliphatic rings. The topological polar surface area (TPSA) is 86.2 Å². The Kier molecular flexibility index (Phi) is 42.0. The summed E-state index contributed by atoms with van der Waals surface area (Å²) < 4.78 is 8.55. The molecule has 0 aromatic carbocycles. The summed E-state index contributed by atoms with van der Waals surface area (Å²) in [6.07, 6.45) is 8.56. The second kappa shape index (κ2) is 28.5. The molecular formula is C12H36O4P4. The van der Waals surface area contributed by atoms with E-state index in [0.717, 1.165) is 25.7 Å². The average molecular weight is 368 g/mol. The Bertz CT molecular complexity index is 148. The van der Waals surface area contributed by atoms with Gasteiger partial charge in [0.1, 0.15) is 0 Å². The molecule has 0 aliphatic heterocycles. The van der Waals surface area contributed by atoms with Crippen molar-refractivity contribution in [3.63, 3.8) is 0 Å². The fourth-order valence-corrected chi connectivity index (χ4v) is 2.60. The quantitative estimate of drug-likeness (QED) is 0.665. The normalized spacial score (nSPS) is 9.25. The van der Waals surface area contributed by atoms with Gasteiger partial charge < -0.3 is 19.2 Å².